The molecule has 1 fully saturated rings. The molecule has 1 aliphatic heterocycles. The highest BCUT2D eigenvalue weighted by atomic mass is 16.5. The van der Waals surface area contributed by atoms with E-state index in [1.54, 1.807) is 30.2 Å². The lowest BCUT2D eigenvalue weighted by Gasteiger charge is -2.32. The molecule has 0 atom stereocenters. The standard InChI is InChI=1S/C25H32N6O3/c1-29(25(33)30-14-4-3-5-15-30)16-17-31(19-8-6-9-20(18-19)34-2)23(32)12-11-22-21-10-7-13-26-24(21)28-27-22/h6-10,13,18H,3-5,11-12,14-17H2,1-2H3,(H,26,27,28). The van der Waals surface area contributed by atoms with Gasteiger partial charge in [0.1, 0.15) is 5.75 Å². The number of ether oxygens (including phenoxy) is 1. The highest BCUT2D eigenvalue weighted by Crippen LogP contribution is 2.23. The molecule has 0 aliphatic carbocycles. The van der Waals surface area contributed by atoms with Gasteiger partial charge < -0.3 is 19.4 Å². The number of likely N-dealkylation sites (N-methyl/N-ethyl adjacent to an activating group) is 1. The molecule has 0 unspecified atom stereocenters. The zero-order chi connectivity index (χ0) is 23.9. The largest absolute Gasteiger partial charge is 0.497 e. The SMILES string of the molecule is COc1cccc(N(CCN(C)C(=O)N2CCCCC2)C(=O)CCc2[nH]nc3ncccc23)c1. The summed E-state index contributed by atoms with van der Waals surface area (Å²) in [6.45, 7) is 2.44. The van der Waals surface area contributed by atoms with E-state index in [9.17, 15) is 9.59 Å². The predicted molar refractivity (Wildman–Crippen MR) is 131 cm³/mol. The number of nitrogens with zero attached hydrogens (tertiary/aromatic N) is 5. The van der Waals surface area contributed by atoms with Gasteiger partial charge in [0.05, 0.1) is 7.11 Å². The number of anilines is 1. The van der Waals surface area contributed by atoms with Crippen LogP contribution in [0.15, 0.2) is 42.6 Å². The first-order valence-electron chi connectivity index (χ1n) is 11.8. The summed E-state index contributed by atoms with van der Waals surface area (Å²) in [7, 11) is 3.41. The lowest BCUT2D eigenvalue weighted by molar-refractivity contribution is -0.118. The number of nitrogens with one attached hydrogen (secondary N) is 1. The Hall–Kier alpha value is -3.62. The number of amides is 3. The van der Waals surface area contributed by atoms with E-state index in [1.807, 2.05) is 41.3 Å². The van der Waals surface area contributed by atoms with E-state index in [4.69, 9.17) is 4.74 Å². The maximum atomic E-state index is 13.4. The number of methoxy groups -OCH3 is 1. The van der Waals surface area contributed by atoms with Gasteiger partial charge in [0.15, 0.2) is 5.65 Å². The summed E-state index contributed by atoms with van der Waals surface area (Å²) in [5, 5.41) is 8.15. The third-order valence-corrected chi connectivity index (χ3v) is 6.28. The average Bonchev–Trinajstić information content (AvgIpc) is 3.30. The summed E-state index contributed by atoms with van der Waals surface area (Å²) >= 11 is 0. The van der Waals surface area contributed by atoms with Gasteiger partial charge in [-0.25, -0.2) is 9.78 Å². The fourth-order valence-electron chi connectivity index (χ4n) is 4.31. The Kier molecular flexibility index (Phi) is 7.61. The molecule has 3 heterocycles. The number of hydrogen-bond donors (Lipinski definition) is 1. The monoisotopic (exact) mass is 464 g/mol. The van der Waals surface area contributed by atoms with Crippen LogP contribution in [0.2, 0.25) is 0 Å². The maximum Gasteiger partial charge on any atom is 0.319 e. The number of rotatable bonds is 8. The fraction of sp³-hybridized carbons (Fsp3) is 0.440. The van der Waals surface area contributed by atoms with Gasteiger partial charge in [-0.15, -0.1) is 0 Å². The van der Waals surface area contributed by atoms with E-state index < -0.39 is 0 Å². The number of piperidine rings is 1. The highest BCUT2D eigenvalue weighted by molar-refractivity contribution is 5.94. The molecule has 3 amide bonds. The summed E-state index contributed by atoms with van der Waals surface area (Å²) < 4.78 is 5.37. The van der Waals surface area contributed by atoms with Crippen LogP contribution in [-0.4, -0.2) is 77.3 Å². The maximum absolute atomic E-state index is 13.4. The Morgan fingerprint density at radius 1 is 1.12 bits per heavy atom. The Labute approximate surface area is 199 Å². The van der Waals surface area contributed by atoms with Crippen LogP contribution in [0.5, 0.6) is 5.75 Å². The minimum absolute atomic E-state index is 0.0224. The van der Waals surface area contributed by atoms with E-state index in [1.165, 1.54) is 6.42 Å². The normalized spacial score (nSPS) is 13.6. The lowest BCUT2D eigenvalue weighted by atomic mass is 10.1. The van der Waals surface area contributed by atoms with E-state index in [2.05, 4.69) is 15.2 Å². The number of aryl methyl sites for hydroxylation is 1. The van der Waals surface area contributed by atoms with Crippen molar-refractivity contribution in [3.05, 3.63) is 48.3 Å². The number of H-pyrrole nitrogens is 1. The van der Waals surface area contributed by atoms with Crippen LogP contribution in [-0.2, 0) is 11.2 Å². The molecule has 0 bridgehead atoms. The smallest absolute Gasteiger partial charge is 0.319 e. The van der Waals surface area contributed by atoms with Gasteiger partial charge in [-0.1, -0.05) is 6.07 Å². The second kappa shape index (κ2) is 11.0. The number of fused-ring (bicyclic) bond motifs is 1. The van der Waals surface area contributed by atoms with Crippen LogP contribution >= 0.6 is 0 Å². The number of likely N-dealkylation sites (tertiary alicyclic amines) is 1. The summed E-state index contributed by atoms with van der Waals surface area (Å²) in [5.74, 6) is 0.650. The first-order valence-corrected chi connectivity index (χ1v) is 11.8. The summed E-state index contributed by atoms with van der Waals surface area (Å²) in [6.07, 6.45) is 5.78. The average molecular weight is 465 g/mol. The summed E-state index contributed by atoms with van der Waals surface area (Å²) in [5.41, 5.74) is 2.28. The molecule has 9 heteroatoms. The van der Waals surface area contributed by atoms with Crippen molar-refractivity contribution in [2.24, 2.45) is 0 Å². The van der Waals surface area contributed by atoms with Gasteiger partial charge >= 0.3 is 6.03 Å². The zero-order valence-corrected chi connectivity index (χ0v) is 19.9. The topological polar surface area (TPSA) is 94.7 Å². The Morgan fingerprint density at radius 3 is 2.74 bits per heavy atom. The summed E-state index contributed by atoms with van der Waals surface area (Å²) in [6, 6.07) is 11.3. The van der Waals surface area contributed by atoms with Crippen LogP contribution in [0.25, 0.3) is 11.0 Å². The van der Waals surface area contributed by atoms with Crippen molar-refractivity contribution in [3.8, 4) is 5.75 Å². The van der Waals surface area contributed by atoms with E-state index in [-0.39, 0.29) is 11.9 Å². The van der Waals surface area contributed by atoms with Crippen molar-refractivity contribution in [1.29, 1.82) is 0 Å². The Bertz CT molecular complexity index is 1120. The van der Waals surface area contributed by atoms with Crippen LogP contribution < -0.4 is 9.64 Å². The van der Waals surface area contributed by atoms with Gasteiger partial charge in [0.2, 0.25) is 5.91 Å². The molecular weight excluding hydrogens is 432 g/mol. The first kappa shape index (κ1) is 23.5. The number of urea groups is 1. The number of aromatic amines is 1. The molecule has 4 rings (SSSR count). The van der Waals surface area contributed by atoms with Crippen molar-refractivity contribution in [1.82, 2.24) is 25.0 Å². The Balaban J connectivity index is 1.45. The number of pyridine rings is 1. The third kappa shape index (κ3) is 5.47. The van der Waals surface area contributed by atoms with Gasteiger partial charge in [-0.2, -0.15) is 5.10 Å². The molecule has 0 saturated carbocycles. The van der Waals surface area contributed by atoms with Crippen molar-refractivity contribution in [2.75, 3.05) is 45.2 Å². The molecule has 1 aliphatic rings. The van der Waals surface area contributed by atoms with Crippen molar-refractivity contribution in [2.45, 2.75) is 32.1 Å². The highest BCUT2D eigenvalue weighted by Gasteiger charge is 2.23. The molecule has 1 saturated heterocycles. The molecular formula is C25H32N6O3. The fourth-order valence-corrected chi connectivity index (χ4v) is 4.31. The number of benzene rings is 1. The number of hydrogen-bond acceptors (Lipinski definition) is 5. The van der Waals surface area contributed by atoms with Gasteiger partial charge in [-0.05, 0) is 49.9 Å². The molecule has 9 nitrogen and oxygen atoms in total. The lowest BCUT2D eigenvalue weighted by Crippen LogP contribution is -2.46. The molecule has 180 valence electrons. The van der Waals surface area contributed by atoms with E-state index in [0.717, 1.165) is 42.7 Å². The number of carbonyl (C=O) groups is 2. The Morgan fingerprint density at radius 2 is 1.94 bits per heavy atom. The second-order valence-corrected chi connectivity index (χ2v) is 8.58. The first-order chi connectivity index (χ1) is 16.6. The van der Waals surface area contributed by atoms with E-state index >= 15 is 0 Å². The molecule has 1 N–H and O–H groups in total. The third-order valence-electron chi connectivity index (χ3n) is 6.28. The van der Waals surface area contributed by atoms with Gasteiger partial charge in [0, 0.05) is 68.7 Å². The molecule has 0 spiro atoms. The van der Waals surface area contributed by atoms with Crippen LogP contribution in [0.3, 0.4) is 0 Å². The minimum atomic E-state index is -0.0290. The minimum Gasteiger partial charge on any atom is -0.497 e. The number of carbonyl (C=O) groups excluding carboxylic acids is 2. The number of aromatic nitrogens is 3. The summed E-state index contributed by atoms with van der Waals surface area (Å²) in [4.78, 5) is 35.8. The van der Waals surface area contributed by atoms with Gasteiger partial charge in [0.25, 0.3) is 0 Å². The molecule has 2 aromatic heterocycles. The molecule has 34 heavy (non-hydrogen) atoms. The predicted octanol–water partition coefficient (Wildman–Crippen LogP) is 3.47. The zero-order valence-electron chi connectivity index (χ0n) is 19.9. The van der Waals surface area contributed by atoms with Crippen molar-refractivity contribution >= 4 is 28.7 Å². The quantitative estimate of drug-likeness (QED) is 0.551. The molecule has 1 aromatic carbocycles. The van der Waals surface area contributed by atoms with Crippen LogP contribution in [0.4, 0.5) is 10.5 Å². The second-order valence-electron chi connectivity index (χ2n) is 8.58. The van der Waals surface area contributed by atoms with Crippen LogP contribution in [0, 0.1) is 0 Å². The van der Waals surface area contributed by atoms with Crippen molar-refractivity contribution < 1.29 is 14.3 Å². The van der Waals surface area contributed by atoms with Crippen molar-refractivity contribution in [3.63, 3.8) is 0 Å². The molecule has 3 aromatic rings. The van der Waals surface area contributed by atoms with Gasteiger partial charge in [-0.3, -0.25) is 9.89 Å². The van der Waals surface area contributed by atoms with Crippen LogP contribution in [0.1, 0.15) is 31.4 Å². The van der Waals surface area contributed by atoms with E-state index in [0.29, 0.717) is 37.3 Å². The molecule has 0 radical (unpaired) electrons.